The largest absolute Gasteiger partial charge is 0.449 e. The number of ether oxygens (including phenoxy) is 1. The van der Waals surface area contributed by atoms with Gasteiger partial charge in [0.05, 0.1) is 4.92 Å². The van der Waals surface area contributed by atoms with Crippen LogP contribution in [0.4, 0.5) is 5.69 Å². The summed E-state index contributed by atoms with van der Waals surface area (Å²) in [5, 5.41) is 12.5. The minimum atomic E-state index is -0.497. The Morgan fingerprint density at radius 1 is 1.00 bits per heavy atom. The lowest BCUT2D eigenvalue weighted by atomic mass is 9.93. The summed E-state index contributed by atoms with van der Waals surface area (Å²) in [6, 6.07) is 13.1. The Morgan fingerprint density at radius 2 is 1.69 bits per heavy atom. The van der Waals surface area contributed by atoms with Gasteiger partial charge in [0.2, 0.25) is 5.75 Å². The van der Waals surface area contributed by atoms with Gasteiger partial charge in [-0.1, -0.05) is 25.1 Å². The molecule has 0 saturated carbocycles. The molecule has 7 heteroatoms. The number of aryl methyl sites for hydroxylation is 1. The first-order valence-electron chi connectivity index (χ1n) is 9.27. The predicted octanol–water partition coefficient (Wildman–Crippen LogP) is 4.85. The first-order chi connectivity index (χ1) is 13.9. The maximum atomic E-state index is 12.8. The molecule has 0 spiro atoms. The summed E-state index contributed by atoms with van der Waals surface area (Å²) in [7, 11) is 0. The molecule has 3 aromatic carbocycles. The Hall–Kier alpha value is -3.74. The quantitative estimate of drug-likeness (QED) is 0.353. The van der Waals surface area contributed by atoms with Crippen LogP contribution < -0.4 is 4.74 Å². The van der Waals surface area contributed by atoms with Gasteiger partial charge in [-0.3, -0.25) is 24.6 Å². The Morgan fingerprint density at radius 3 is 2.38 bits per heavy atom. The van der Waals surface area contributed by atoms with E-state index in [-0.39, 0.29) is 23.3 Å². The molecule has 0 atom stereocenters. The monoisotopic (exact) mass is 390 g/mol. The molecular weight excluding hydrogens is 372 g/mol. The molecule has 146 valence electrons. The smallest absolute Gasteiger partial charge is 0.311 e. The molecule has 4 rings (SSSR count). The van der Waals surface area contributed by atoms with E-state index in [0.29, 0.717) is 40.6 Å². The van der Waals surface area contributed by atoms with Gasteiger partial charge in [-0.2, -0.15) is 0 Å². The third kappa shape index (κ3) is 3.00. The van der Waals surface area contributed by atoms with Gasteiger partial charge in [-0.05, 0) is 43.2 Å². The van der Waals surface area contributed by atoms with Crippen molar-refractivity contribution in [1.82, 2.24) is 4.90 Å². The van der Waals surface area contributed by atoms with Crippen molar-refractivity contribution >= 4 is 28.3 Å². The maximum Gasteiger partial charge on any atom is 0.311 e. The minimum absolute atomic E-state index is 0.0994. The maximum absolute atomic E-state index is 12.8. The highest BCUT2D eigenvalue weighted by Crippen LogP contribution is 2.39. The van der Waals surface area contributed by atoms with E-state index in [1.54, 1.807) is 49.4 Å². The molecule has 0 radical (unpaired) electrons. The van der Waals surface area contributed by atoms with Gasteiger partial charge < -0.3 is 4.74 Å². The number of hydrogen-bond donors (Lipinski definition) is 0. The van der Waals surface area contributed by atoms with Crippen LogP contribution in [0.2, 0.25) is 0 Å². The van der Waals surface area contributed by atoms with E-state index in [2.05, 4.69) is 0 Å². The number of carbonyl (C=O) groups excluding carboxylic acids is 2. The van der Waals surface area contributed by atoms with Crippen LogP contribution in [0.3, 0.4) is 0 Å². The molecule has 0 aromatic heterocycles. The summed E-state index contributed by atoms with van der Waals surface area (Å²) < 4.78 is 5.88. The standard InChI is InChI=1S/C22H18N2O5/c1-3-11-23-21(25)15-6-4-5-14-18(10-8-16(20(14)15)22(23)26)29-19-9-7-13(2)12-17(19)24(27)28/h4-10,12H,3,11H2,1-2H3. The molecule has 0 saturated heterocycles. The van der Waals surface area contributed by atoms with Crippen LogP contribution >= 0.6 is 0 Å². The lowest BCUT2D eigenvalue weighted by molar-refractivity contribution is -0.385. The van der Waals surface area contributed by atoms with Gasteiger partial charge >= 0.3 is 5.69 Å². The van der Waals surface area contributed by atoms with Crippen molar-refractivity contribution in [2.24, 2.45) is 0 Å². The van der Waals surface area contributed by atoms with Crippen molar-refractivity contribution < 1.29 is 19.2 Å². The summed E-state index contributed by atoms with van der Waals surface area (Å²) in [5.74, 6) is -0.230. The van der Waals surface area contributed by atoms with Crippen LogP contribution in [-0.4, -0.2) is 28.2 Å². The SMILES string of the molecule is CCCN1C(=O)c2cccc3c(Oc4ccc(C)cc4[N+](=O)[O-])ccc(c23)C1=O. The summed E-state index contributed by atoms with van der Waals surface area (Å²) in [6.45, 7) is 4.02. The number of hydrogen-bond acceptors (Lipinski definition) is 5. The lowest BCUT2D eigenvalue weighted by Crippen LogP contribution is -2.40. The molecule has 7 nitrogen and oxygen atoms in total. The fourth-order valence-electron chi connectivity index (χ4n) is 3.61. The van der Waals surface area contributed by atoms with Crippen molar-refractivity contribution in [3.05, 3.63) is 75.3 Å². The van der Waals surface area contributed by atoms with Gasteiger partial charge in [-0.25, -0.2) is 0 Å². The zero-order chi connectivity index (χ0) is 20.7. The molecule has 1 aliphatic rings. The number of benzene rings is 3. The second kappa shape index (κ2) is 7.01. The second-order valence-electron chi connectivity index (χ2n) is 6.93. The molecule has 1 heterocycles. The lowest BCUT2D eigenvalue weighted by Gasteiger charge is -2.27. The molecular formula is C22H18N2O5. The highest BCUT2D eigenvalue weighted by molar-refractivity contribution is 6.26. The predicted molar refractivity (Wildman–Crippen MR) is 108 cm³/mol. The Labute approximate surface area is 166 Å². The van der Waals surface area contributed by atoms with Crippen LogP contribution in [0.1, 0.15) is 39.6 Å². The molecule has 0 bridgehead atoms. The molecule has 2 amide bonds. The first kappa shape index (κ1) is 18.6. The van der Waals surface area contributed by atoms with E-state index >= 15 is 0 Å². The third-order valence-corrected chi connectivity index (χ3v) is 4.93. The van der Waals surface area contributed by atoms with Gasteiger partial charge in [0, 0.05) is 34.5 Å². The Balaban J connectivity index is 1.87. The number of imide groups is 1. The highest BCUT2D eigenvalue weighted by atomic mass is 16.6. The van der Waals surface area contributed by atoms with Crippen LogP contribution in [-0.2, 0) is 0 Å². The van der Waals surface area contributed by atoms with E-state index in [0.717, 1.165) is 5.56 Å². The van der Waals surface area contributed by atoms with E-state index in [4.69, 9.17) is 4.74 Å². The number of rotatable bonds is 5. The number of carbonyl (C=O) groups is 2. The third-order valence-electron chi connectivity index (χ3n) is 4.93. The molecule has 1 aliphatic heterocycles. The summed E-state index contributed by atoms with van der Waals surface area (Å²) in [6.07, 6.45) is 0.668. The van der Waals surface area contributed by atoms with Crippen molar-refractivity contribution in [3.8, 4) is 11.5 Å². The van der Waals surface area contributed by atoms with Crippen molar-refractivity contribution in [2.45, 2.75) is 20.3 Å². The van der Waals surface area contributed by atoms with Crippen LogP contribution in [0.15, 0.2) is 48.5 Å². The normalized spacial score (nSPS) is 13.1. The summed E-state index contributed by atoms with van der Waals surface area (Å²) in [5.41, 5.74) is 1.45. The van der Waals surface area contributed by atoms with Crippen LogP contribution in [0.25, 0.3) is 10.8 Å². The number of nitrogens with zero attached hydrogens (tertiary/aromatic N) is 2. The van der Waals surface area contributed by atoms with Gasteiger partial charge in [0.1, 0.15) is 5.75 Å². The zero-order valence-electron chi connectivity index (χ0n) is 16.0. The summed E-state index contributed by atoms with van der Waals surface area (Å²) in [4.78, 5) is 37.8. The van der Waals surface area contributed by atoms with Crippen molar-refractivity contribution in [1.29, 1.82) is 0 Å². The first-order valence-corrected chi connectivity index (χ1v) is 9.27. The molecule has 0 unspecified atom stereocenters. The van der Waals surface area contributed by atoms with Crippen LogP contribution in [0.5, 0.6) is 11.5 Å². The molecule has 0 aliphatic carbocycles. The molecule has 0 N–H and O–H groups in total. The Kier molecular flexibility index (Phi) is 4.50. The van der Waals surface area contributed by atoms with Gasteiger partial charge in [0.15, 0.2) is 0 Å². The Bertz CT molecular complexity index is 1160. The molecule has 29 heavy (non-hydrogen) atoms. The summed E-state index contributed by atoms with van der Waals surface area (Å²) >= 11 is 0. The zero-order valence-corrected chi connectivity index (χ0v) is 16.0. The highest BCUT2D eigenvalue weighted by Gasteiger charge is 2.33. The number of amides is 2. The van der Waals surface area contributed by atoms with Gasteiger partial charge in [-0.15, -0.1) is 0 Å². The fourth-order valence-corrected chi connectivity index (χ4v) is 3.61. The number of nitro benzene ring substituents is 1. The van der Waals surface area contributed by atoms with Gasteiger partial charge in [0.25, 0.3) is 11.8 Å². The van der Waals surface area contributed by atoms with E-state index in [1.165, 1.54) is 11.0 Å². The van der Waals surface area contributed by atoms with E-state index in [1.807, 2.05) is 6.92 Å². The van der Waals surface area contributed by atoms with E-state index < -0.39 is 4.92 Å². The topological polar surface area (TPSA) is 89.8 Å². The van der Waals surface area contributed by atoms with Crippen molar-refractivity contribution in [3.63, 3.8) is 0 Å². The average Bonchev–Trinajstić information content (AvgIpc) is 2.71. The minimum Gasteiger partial charge on any atom is -0.449 e. The fraction of sp³-hybridized carbons (Fsp3) is 0.182. The second-order valence-corrected chi connectivity index (χ2v) is 6.93. The van der Waals surface area contributed by atoms with E-state index in [9.17, 15) is 19.7 Å². The number of nitro groups is 1. The average molecular weight is 390 g/mol. The molecule has 3 aromatic rings. The molecule has 0 fully saturated rings. The van der Waals surface area contributed by atoms with Crippen LogP contribution in [0, 0.1) is 17.0 Å². The van der Waals surface area contributed by atoms with Crippen molar-refractivity contribution in [2.75, 3.05) is 6.54 Å².